The van der Waals surface area contributed by atoms with E-state index in [2.05, 4.69) is 174 Å². The standard InChI is InChI=1S/C43H28N2/c1-3-12-32(13-4-1)41-42(33-14-5-2-6-15-33)45-40-18-10-9-17-37(40)39-28-36(25-26-38(39)43(45)44-41)31-21-19-30(20-22-31)35-24-23-29-11-7-8-16-34(29)27-35/h1-28H. The van der Waals surface area contributed by atoms with Crippen molar-refractivity contribution in [2.24, 2.45) is 0 Å². The molecule has 0 aliphatic carbocycles. The van der Waals surface area contributed by atoms with Crippen molar-refractivity contribution >= 4 is 38.1 Å². The Kier molecular flexibility index (Phi) is 5.85. The highest BCUT2D eigenvalue weighted by molar-refractivity contribution is 6.14. The summed E-state index contributed by atoms with van der Waals surface area (Å²) >= 11 is 0. The number of rotatable bonds is 4. The first-order chi connectivity index (χ1) is 22.3. The fourth-order valence-corrected chi connectivity index (χ4v) is 6.76. The highest BCUT2D eigenvalue weighted by atomic mass is 15.0. The van der Waals surface area contributed by atoms with E-state index in [1.54, 1.807) is 0 Å². The Bertz CT molecular complexity index is 2510. The molecule has 0 N–H and O–H groups in total. The Balaban J connectivity index is 1.23. The second kappa shape index (κ2) is 10.3. The van der Waals surface area contributed by atoms with Crippen LogP contribution in [0, 0.1) is 0 Å². The molecule has 210 valence electrons. The van der Waals surface area contributed by atoms with Crippen molar-refractivity contribution in [3.8, 4) is 44.8 Å². The first-order valence-electron chi connectivity index (χ1n) is 15.4. The molecular formula is C43H28N2. The summed E-state index contributed by atoms with van der Waals surface area (Å²) in [5.41, 5.74) is 11.3. The summed E-state index contributed by atoms with van der Waals surface area (Å²) in [6.07, 6.45) is 0. The lowest BCUT2D eigenvalue weighted by molar-refractivity contribution is 1.27. The van der Waals surface area contributed by atoms with Gasteiger partial charge >= 0.3 is 0 Å². The molecule has 0 aliphatic heterocycles. The summed E-state index contributed by atoms with van der Waals surface area (Å²) in [6, 6.07) is 60.9. The molecular weight excluding hydrogens is 544 g/mol. The van der Waals surface area contributed by atoms with Gasteiger partial charge in [-0.1, -0.05) is 146 Å². The molecule has 2 heteroatoms. The number of fused-ring (bicyclic) bond motifs is 7. The summed E-state index contributed by atoms with van der Waals surface area (Å²) in [5.74, 6) is 0. The molecule has 2 nitrogen and oxygen atoms in total. The van der Waals surface area contributed by atoms with Gasteiger partial charge in [0.05, 0.1) is 16.9 Å². The van der Waals surface area contributed by atoms with E-state index >= 15 is 0 Å². The molecule has 7 aromatic carbocycles. The Labute approximate surface area is 261 Å². The average molecular weight is 573 g/mol. The predicted octanol–water partition coefficient (Wildman–Crippen LogP) is 11.5. The largest absolute Gasteiger partial charge is 0.291 e. The average Bonchev–Trinajstić information content (AvgIpc) is 3.53. The molecule has 2 aromatic heterocycles. The van der Waals surface area contributed by atoms with Gasteiger partial charge in [0.15, 0.2) is 0 Å². The molecule has 2 heterocycles. The van der Waals surface area contributed by atoms with Gasteiger partial charge in [0, 0.05) is 21.9 Å². The van der Waals surface area contributed by atoms with Crippen LogP contribution in [0.25, 0.3) is 82.9 Å². The number of imidazole rings is 1. The topological polar surface area (TPSA) is 17.3 Å². The van der Waals surface area contributed by atoms with Crippen LogP contribution in [0.3, 0.4) is 0 Å². The van der Waals surface area contributed by atoms with Crippen molar-refractivity contribution in [1.29, 1.82) is 0 Å². The van der Waals surface area contributed by atoms with Crippen LogP contribution >= 0.6 is 0 Å². The molecule has 0 atom stereocenters. The number of pyridine rings is 1. The molecule has 9 rings (SSSR count). The number of aromatic nitrogens is 2. The molecule has 0 amide bonds. The Hall–Kier alpha value is -5.99. The highest BCUT2D eigenvalue weighted by Crippen LogP contribution is 2.40. The quantitative estimate of drug-likeness (QED) is 0.192. The van der Waals surface area contributed by atoms with Crippen LogP contribution in [-0.4, -0.2) is 9.38 Å². The minimum atomic E-state index is 0.972. The van der Waals surface area contributed by atoms with E-state index in [1.807, 2.05) is 0 Å². The maximum Gasteiger partial charge on any atom is 0.146 e. The summed E-state index contributed by atoms with van der Waals surface area (Å²) < 4.78 is 2.35. The lowest BCUT2D eigenvalue weighted by atomic mass is 9.96. The molecule has 0 fully saturated rings. The van der Waals surface area contributed by atoms with Gasteiger partial charge in [0.2, 0.25) is 0 Å². The summed E-state index contributed by atoms with van der Waals surface area (Å²) in [7, 11) is 0. The molecule has 0 bridgehead atoms. The molecule has 0 saturated heterocycles. The van der Waals surface area contributed by atoms with Crippen molar-refractivity contribution < 1.29 is 0 Å². The first kappa shape index (κ1) is 25.5. The van der Waals surface area contributed by atoms with Crippen molar-refractivity contribution in [2.75, 3.05) is 0 Å². The first-order valence-corrected chi connectivity index (χ1v) is 15.4. The summed E-state index contributed by atoms with van der Waals surface area (Å²) in [6.45, 7) is 0. The molecule has 45 heavy (non-hydrogen) atoms. The third-order valence-corrected chi connectivity index (χ3v) is 8.97. The number of benzene rings is 7. The maximum atomic E-state index is 5.37. The highest BCUT2D eigenvalue weighted by Gasteiger charge is 2.20. The summed E-state index contributed by atoms with van der Waals surface area (Å²) in [4.78, 5) is 5.37. The normalized spacial score (nSPS) is 11.6. The van der Waals surface area contributed by atoms with Gasteiger partial charge in [-0.15, -0.1) is 0 Å². The molecule has 0 aliphatic rings. The van der Waals surface area contributed by atoms with Crippen LogP contribution in [-0.2, 0) is 0 Å². The molecule has 0 unspecified atom stereocenters. The van der Waals surface area contributed by atoms with E-state index in [1.165, 1.54) is 43.8 Å². The van der Waals surface area contributed by atoms with E-state index in [9.17, 15) is 0 Å². The van der Waals surface area contributed by atoms with Crippen molar-refractivity contribution in [3.05, 3.63) is 170 Å². The van der Waals surface area contributed by atoms with Crippen LogP contribution in [0.5, 0.6) is 0 Å². The van der Waals surface area contributed by atoms with E-state index in [0.29, 0.717) is 0 Å². The Morgan fingerprint density at radius 2 is 0.933 bits per heavy atom. The maximum absolute atomic E-state index is 5.37. The fraction of sp³-hybridized carbons (Fsp3) is 0. The molecule has 0 saturated carbocycles. The van der Waals surface area contributed by atoms with E-state index in [4.69, 9.17) is 4.98 Å². The second-order valence-corrected chi connectivity index (χ2v) is 11.6. The lowest BCUT2D eigenvalue weighted by Crippen LogP contribution is -1.94. The van der Waals surface area contributed by atoms with E-state index in [0.717, 1.165) is 39.1 Å². The zero-order chi connectivity index (χ0) is 29.7. The van der Waals surface area contributed by atoms with Gasteiger partial charge in [-0.05, 0) is 62.7 Å². The van der Waals surface area contributed by atoms with Crippen molar-refractivity contribution in [2.45, 2.75) is 0 Å². The van der Waals surface area contributed by atoms with Crippen molar-refractivity contribution in [1.82, 2.24) is 9.38 Å². The minimum Gasteiger partial charge on any atom is -0.291 e. The second-order valence-electron chi connectivity index (χ2n) is 11.6. The van der Waals surface area contributed by atoms with E-state index in [-0.39, 0.29) is 0 Å². The predicted molar refractivity (Wildman–Crippen MR) is 189 cm³/mol. The SMILES string of the molecule is c1ccc(-c2nc3c4ccc(-c5ccc(-c6ccc7ccccc7c6)cc5)cc4c4ccccc4n3c2-c2ccccc2)cc1. The van der Waals surface area contributed by atoms with Gasteiger partial charge in [0.1, 0.15) is 5.65 Å². The summed E-state index contributed by atoms with van der Waals surface area (Å²) in [5, 5.41) is 6.09. The van der Waals surface area contributed by atoms with E-state index < -0.39 is 0 Å². The fourth-order valence-electron chi connectivity index (χ4n) is 6.76. The lowest BCUT2D eigenvalue weighted by Gasteiger charge is -2.13. The van der Waals surface area contributed by atoms with Crippen LogP contribution in [0.2, 0.25) is 0 Å². The third kappa shape index (κ3) is 4.22. The number of nitrogens with zero attached hydrogens (tertiary/aromatic N) is 2. The Morgan fingerprint density at radius 1 is 0.356 bits per heavy atom. The zero-order valence-electron chi connectivity index (χ0n) is 24.6. The molecule has 0 radical (unpaired) electrons. The monoisotopic (exact) mass is 572 g/mol. The third-order valence-electron chi connectivity index (χ3n) is 8.97. The minimum absolute atomic E-state index is 0.972. The number of para-hydroxylation sites is 1. The van der Waals surface area contributed by atoms with Gasteiger partial charge in [-0.2, -0.15) is 0 Å². The number of hydrogen-bond acceptors (Lipinski definition) is 1. The van der Waals surface area contributed by atoms with Gasteiger partial charge in [-0.3, -0.25) is 4.40 Å². The smallest absolute Gasteiger partial charge is 0.146 e. The van der Waals surface area contributed by atoms with Crippen LogP contribution in [0.1, 0.15) is 0 Å². The molecule has 0 spiro atoms. The van der Waals surface area contributed by atoms with Crippen LogP contribution < -0.4 is 0 Å². The Morgan fingerprint density at radius 3 is 1.69 bits per heavy atom. The number of hydrogen-bond donors (Lipinski definition) is 0. The van der Waals surface area contributed by atoms with Gasteiger partial charge < -0.3 is 0 Å². The molecule has 9 aromatic rings. The van der Waals surface area contributed by atoms with Crippen molar-refractivity contribution in [3.63, 3.8) is 0 Å². The van der Waals surface area contributed by atoms with Gasteiger partial charge in [-0.25, -0.2) is 4.98 Å². The zero-order valence-corrected chi connectivity index (χ0v) is 24.6. The van der Waals surface area contributed by atoms with Gasteiger partial charge in [0.25, 0.3) is 0 Å². The van der Waals surface area contributed by atoms with Crippen LogP contribution in [0.4, 0.5) is 0 Å². The van der Waals surface area contributed by atoms with Crippen LogP contribution in [0.15, 0.2) is 170 Å².